The maximum Gasteiger partial charge on any atom is 0.289 e. The molecule has 0 rings (SSSR count). The summed E-state index contributed by atoms with van der Waals surface area (Å²) in [5, 5.41) is 13.5. The van der Waals surface area contributed by atoms with E-state index in [2.05, 4.69) is 11.8 Å². The molecular formula is C9H15ClN2O2. The number of hydrazone groups is 1. The van der Waals surface area contributed by atoms with Crippen molar-refractivity contribution in [2.24, 2.45) is 5.10 Å². The predicted molar refractivity (Wildman–Crippen MR) is 57.3 cm³/mol. The van der Waals surface area contributed by atoms with Crippen molar-refractivity contribution < 1.29 is 9.90 Å². The molecular weight excluding hydrogens is 204 g/mol. The SMILES string of the molecule is C=NN(C(=O)/C(Cl)=C(\C)O)C(C)(C)C. The Labute approximate surface area is 88.9 Å². The Bertz CT molecular complexity index is 275. The molecule has 4 nitrogen and oxygen atoms in total. The second kappa shape index (κ2) is 4.46. The molecule has 80 valence electrons. The minimum absolute atomic E-state index is 0.227. The molecule has 0 saturated heterocycles. The fraction of sp³-hybridized carbons (Fsp3) is 0.556. The zero-order valence-electron chi connectivity index (χ0n) is 8.83. The maximum absolute atomic E-state index is 11.6. The van der Waals surface area contributed by atoms with E-state index in [0.717, 1.165) is 5.01 Å². The molecule has 1 N–H and O–H groups in total. The molecule has 0 unspecified atom stereocenters. The summed E-state index contributed by atoms with van der Waals surface area (Å²) >= 11 is 5.60. The molecule has 0 aromatic carbocycles. The van der Waals surface area contributed by atoms with Crippen LogP contribution in [-0.4, -0.2) is 28.3 Å². The van der Waals surface area contributed by atoms with Gasteiger partial charge in [-0.05, 0) is 27.7 Å². The van der Waals surface area contributed by atoms with E-state index in [-0.39, 0.29) is 10.8 Å². The Morgan fingerprint density at radius 2 is 1.93 bits per heavy atom. The molecule has 0 spiro atoms. The molecule has 5 heteroatoms. The van der Waals surface area contributed by atoms with Crippen molar-refractivity contribution in [2.45, 2.75) is 33.2 Å². The third-order valence-corrected chi connectivity index (χ3v) is 1.91. The van der Waals surface area contributed by atoms with E-state index in [4.69, 9.17) is 16.7 Å². The summed E-state index contributed by atoms with van der Waals surface area (Å²) < 4.78 is 0. The molecule has 0 aliphatic heterocycles. The van der Waals surface area contributed by atoms with Crippen molar-refractivity contribution in [3.8, 4) is 0 Å². The van der Waals surface area contributed by atoms with Crippen LogP contribution in [0.3, 0.4) is 0 Å². The zero-order valence-corrected chi connectivity index (χ0v) is 9.59. The van der Waals surface area contributed by atoms with Crippen LogP contribution in [0.4, 0.5) is 0 Å². The molecule has 0 atom stereocenters. The second-order valence-corrected chi connectivity index (χ2v) is 4.21. The topological polar surface area (TPSA) is 52.9 Å². The molecule has 0 bridgehead atoms. The third-order valence-electron chi connectivity index (χ3n) is 1.47. The van der Waals surface area contributed by atoms with E-state index in [1.165, 1.54) is 6.92 Å². The average Bonchev–Trinajstić information content (AvgIpc) is 2.01. The summed E-state index contributed by atoms with van der Waals surface area (Å²) in [4.78, 5) is 11.6. The molecule has 0 aromatic rings. The average molecular weight is 219 g/mol. The number of hydrogen-bond acceptors (Lipinski definition) is 3. The highest BCUT2D eigenvalue weighted by Crippen LogP contribution is 2.19. The minimum atomic E-state index is -0.561. The summed E-state index contributed by atoms with van der Waals surface area (Å²) in [7, 11) is 0. The van der Waals surface area contributed by atoms with Crippen LogP contribution in [0.2, 0.25) is 0 Å². The molecule has 0 aromatic heterocycles. The van der Waals surface area contributed by atoms with Crippen LogP contribution < -0.4 is 0 Å². The summed E-state index contributed by atoms with van der Waals surface area (Å²) in [5.74, 6) is -0.788. The van der Waals surface area contributed by atoms with Crippen molar-refractivity contribution in [1.82, 2.24) is 5.01 Å². The van der Waals surface area contributed by atoms with Crippen molar-refractivity contribution >= 4 is 24.2 Å². The quantitative estimate of drug-likeness (QED) is 0.335. The van der Waals surface area contributed by atoms with Gasteiger partial charge in [-0.15, -0.1) is 0 Å². The van der Waals surface area contributed by atoms with Crippen LogP contribution in [0, 0.1) is 0 Å². The summed E-state index contributed by atoms with van der Waals surface area (Å²) in [6.45, 7) is 9.98. The van der Waals surface area contributed by atoms with Crippen molar-refractivity contribution in [3.05, 3.63) is 10.8 Å². The number of aliphatic hydroxyl groups excluding tert-OH is 1. The lowest BCUT2D eigenvalue weighted by molar-refractivity contribution is -0.131. The summed E-state index contributed by atoms with van der Waals surface area (Å²) in [6, 6.07) is 0. The summed E-state index contributed by atoms with van der Waals surface area (Å²) in [5.41, 5.74) is -0.519. The minimum Gasteiger partial charge on any atom is -0.511 e. The van der Waals surface area contributed by atoms with Crippen LogP contribution in [-0.2, 0) is 4.79 Å². The van der Waals surface area contributed by atoms with Crippen LogP contribution in [0.25, 0.3) is 0 Å². The van der Waals surface area contributed by atoms with Gasteiger partial charge in [-0.1, -0.05) is 11.6 Å². The molecule has 0 aliphatic carbocycles. The van der Waals surface area contributed by atoms with E-state index in [9.17, 15) is 4.79 Å². The lowest BCUT2D eigenvalue weighted by Gasteiger charge is -2.30. The van der Waals surface area contributed by atoms with Gasteiger partial charge in [0.05, 0.1) is 5.54 Å². The number of halogens is 1. The fourth-order valence-corrected chi connectivity index (χ4v) is 0.909. The molecule has 0 saturated carbocycles. The van der Waals surface area contributed by atoms with Gasteiger partial charge in [-0.25, -0.2) is 5.01 Å². The highest BCUT2D eigenvalue weighted by atomic mass is 35.5. The second-order valence-electron chi connectivity index (χ2n) is 3.83. The van der Waals surface area contributed by atoms with Crippen molar-refractivity contribution in [3.63, 3.8) is 0 Å². The Morgan fingerprint density at radius 1 is 1.50 bits per heavy atom. The van der Waals surface area contributed by atoms with E-state index in [0.29, 0.717) is 0 Å². The summed E-state index contributed by atoms with van der Waals surface area (Å²) in [6.07, 6.45) is 0. The highest BCUT2D eigenvalue weighted by molar-refractivity contribution is 6.42. The number of allylic oxidation sites excluding steroid dienone is 1. The number of carbonyl (C=O) groups is 1. The molecule has 1 amide bonds. The largest absolute Gasteiger partial charge is 0.511 e. The van der Waals surface area contributed by atoms with Crippen LogP contribution in [0.15, 0.2) is 15.9 Å². The predicted octanol–water partition coefficient (Wildman–Crippen LogP) is 2.26. The first-order chi connectivity index (χ1) is 6.21. The van der Waals surface area contributed by atoms with E-state index in [1.54, 1.807) is 20.8 Å². The Morgan fingerprint density at radius 3 is 2.14 bits per heavy atom. The highest BCUT2D eigenvalue weighted by Gasteiger charge is 2.28. The van der Waals surface area contributed by atoms with Gasteiger partial charge in [-0.2, -0.15) is 5.10 Å². The normalized spacial score (nSPS) is 13.2. The van der Waals surface area contributed by atoms with Gasteiger partial charge < -0.3 is 5.11 Å². The van der Waals surface area contributed by atoms with Crippen LogP contribution in [0.1, 0.15) is 27.7 Å². The Balaban J connectivity index is 5.02. The fourth-order valence-electron chi connectivity index (χ4n) is 0.829. The molecule has 0 aliphatic rings. The van der Waals surface area contributed by atoms with E-state index < -0.39 is 11.4 Å². The van der Waals surface area contributed by atoms with Gasteiger partial charge >= 0.3 is 0 Å². The number of rotatable bonds is 2. The zero-order chi connectivity index (χ0) is 11.5. The first-order valence-electron chi connectivity index (χ1n) is 4.08. The van der Waals surface area contributed by atoms with Crippen molar-refractivity contribution in [2.75, 3.05) is 0 Å². The van der Waals surface area contributed by atoms with Crippen LogP contribution in [0.5, 0.6) is 0 Å². The maximum atomic E-state index is 11.6. The van der Waals surface area contributed by atoms with E-state index >= 15 is 0 Å². The lowest BCUT2D eigenvalue weighted by Crippen LogP contribution is -2.41. The standard InChI is InChI=1S/C9H15ClN2O2/c1-6(13)7(10)8(14)12(11-5)9(2,3)4/h13H,5H2,1-4H3/b7-6-. The number of hydrogen-bond donors (Lipinski definition) is 1. The Kier molecular flexibility index (Phi) is 4.13. The lowest BCUT2D eigenvalue weighted by atomic mass is 10.1. The molecule has 14 heavy (non-hydrogen) atoms. The number of aliphatic hydroxyl groups is 1. The van der Waals surface area contributed by atoms with Crippen LogP contribution >= 0.6 is 11.6 Å². The Hall–Kier alpha value is -1.03. The first-order valence-corrected chi connectivity index (χ1v) is 4.46. The van der Waals surface area contributed by atoms with Crippen molar-refractivity contribution in [1.29, 1.82) is 0 Å². The smallest absolute Gasteiger partial charge is 0.289 e. The third kappa shape index (κ3) is 3.03. The molecule has 0 fully saturated rings. The van der Waals surface area contributed by atoms with Gasteiger partial charge in [0.15, 0.2) is 0 Å². The molecule has 0 heterocycles. The van der Waals surface area contributed by atoms with Gasteiger partial charge in [0.25, 0.3) is 5.91 Å². The van der Waals surface area contributed by atoms with Gasteiger partial charge in [0.2, 0.25) is 0 Å². The number of amides is 1. The van der Waals surface area contributed by atoms with Gasteiger partial charge in [0, 0.05) is 6.72 Å². The first kappa shape index (κ1) is 13.0. The van der Waals surface area contributed by atoms with E-state index in [1.807, 2.05) is 0 Å². The monoisotopic (exact) mass is 218 g/mol. The van der Waals surface area contributed by atoms with Gasteiger partial charge in [-0.3, -0.25) is 4.79 Å². The number of nitrogens with zero attached hydrogens (tertiary/aromatic N) is 2. The van der Waals surface area contributed by atoms with Gasteiger partial charge in [0.1, 0.15) is 10.8 Å². The number of carbonyl (C=O) groups excluding carboxylic acids is 1. The molecule has 0 radical (unpaired) electrons.